The van der Waals surface area contributed by atoms with Crippen molar-refractivity contribution in [1.82, 2.24) is 9.29 Å². The van der Waals surface area contributed by atoms with Crippen molar-refractivity contribution >= 4 is 26.9 Å². The standard InChI is InChI=1S/C27H32N2O6S/c1-4-6-8-15-29-19-20(24-18-22(34-3)11-14-26(24)29)17-25(27(30)31)28-36(32,33)23-12-9-21(10-13-23)35-16-7-5-2/h9-14,18-19,25,28H,4,6,8,15-17H2,1-3H3,(H,30,31)/t25-/m0/s1. The summed E-state index contributed by atoms with van der Waals surface area (Å²) in [6, 6.07) is 10.1. The molecule has 36 heavy (non-hydrogen) atoms. The highest BCUT2D eigenvalue weighted by Crippen LogP contribution is 2.28. The first kappa shape index (κ1) is 27.1. The molecule has 0 bridgehead atoms. The molecule has 1 atom stereocenters. The summed E-state index contributed by atoms with van der Waals surface area (Å²) < 4.78 is 41.2. The second kappa shape index (κ2) is 12.5. The summed E-state index contributed by atoms with van der Waals surface area (Å²) in [5.41, 5.74) is 1.69. The maximum Gasteiger partial charge on any atom is 0.322 e. The Morgan fingerprint density at radius 3 is 2.50 bits per heavy atom. The van der Waals surface area contributed by atoms with Gasteiger partial charge in [0.15, 0.2) is 0 Å². The molecule has 192 valence electrons. The zero-order valence-corrected chi connectivity index (χ0v) is 21.6. The number of nitrogens with zero attached hydrogens (tertiary/aromatic N) is 1. The third kappa shape index (κ3) is 6.80. The van der Waals surface area contributed by atoms with Gasteiger partial charge in [0.05, 0.1) is 12.0 Å². The number of methoxy groups -OCH3 is 1. The van der Waals surface area contributed by atoms with Crippen LogP contribution >= 0.6 is 0 Å². The van der Waals surface area contributed by atoms with E-state index in [0.717, 1.165) is 42.3 Å². The van der Waals surface area contributed by atoms with Crippen LogP contribution in [0.2, 0.25) is 0 Å². The van der Waals surface area contributed by atoms with Gasteiger partial charge in [0, 0.05) is 30.1 Å². The minimum absolute atomic E-state index is 0.0180. The van der Waals surface area contributed by atoms with E-state index in [4.69, 9.17) is 9.47 Å². The van der Waals surface area contributed by atoms with Gasteiger partial charge in [0.2, 0.25) is 10.0 Å². The van der Waals surface area contributed by atoms with Crippen LogP contribution in [-0.4, -0.2) is 43.8 Å². The van der Waals surface area contributed by atoms with Crippen molar-refractivity contribution in [2.45, 2.75) is 57.0 Å². The molecule has 0 saturated heterocycles. The van der Waals surface area contributed by atoms with E-state index in [1.54, 1.807) is 14.0 Å². The number of hydrogen-bond donors (Lipinski definition) is 2. The Morgan fingerprint density at radius 1 is 1.14 bits per heavy atom. The normalized spacial score (nSPS) is 12.1. The van der Waals surface area contributed by atoms with E-state index < -0.39 is 22.0 Å². The van der Waals surface area contributed by atoms with E-state index in [2.05, 4.69) is 28.1 Å². The molecule has 2 N–H and O–H groups in total. The van der Waals surface area contributed by atoms with E-state index in [1.807, 2.05) is 24.4 Å². The SMILES string of the molecule is CC#CCOc1ccc(S(=O)(=O)N[C@@H](Cc2cn(CCCCC)c3ccc(OC)cc23)C(=O)O)cc1. The number of aryl methyl sites for hydroxylation is 1. The molecule has 0 spiro atoms. The largest absolute Gasteiger partial charge is 0.497 e. The molecule has 2 aromatic carbocycles. The first-order chi connectivity index (χ1) is 17.3. The lowest BCUT2D eigenvalue weighted by Gasteiger charge is -2.15. The number of unbranched alkanes of at least 4 members (excludes halogenated alkanes) is 2. The van der Waals surface area contributed by atoms with Crippen LogP contribution in [0.1, 0.15) is 38.7 Å². The second-order valence-electron chi connectivity index (χ2n) is 8.34. The van der Waals surface area contributed by atoms with Crippen LogP contribution in [0.5, 0.6) is 11.5 Å². The lowest BCUT2D eigenvalue weighted by Crippen LogP contribution is -2.42. The van der Waals surface area contributed by atoms with Crippen molar-refractivity contribution in [3.8, 4) is 23.3 Å². The second-order valence-corrected chi connectivity index (χ2v) is 10.1. The highest BCUT2D eigenvalue weighted by atomic mass is 32.2. The molecule has 0 saturated carbocycles. The Bertz CT molecular complexity index is 1350. The number of aromatic nitrogens is 1. The van der Waals surface area contributed by atoms with Gasteiger partial charge >= 0.3 is 5.97 Å². The van der Waals surface area contributed by atoms with Gasteiger partial charge in [-0.15, -0.1) is 5.92 Å². The van der Waals surface area contributed by atoms with E-state index >= 15 is 0 Å². The zero-order chi connectivity index (χ0) is 26.1. The molecule has 9 heteroatoms. The third-order valence-corrected chi connectivity index (χ3v) is 7.30. The van der Waals surface area contributed by atoms with Crippen molar-refractivity contribution in [2.24, 2.45) is 0 Å². The summed E-state index contributed by atoms with van der Waals surface area (Å²) in [6.45, 7) is 4.82. The molecule has 0 unspecified atom stereocenters. The van der Waals surface area contributed by atoms with E-state index in [0.29, 0.717) is 11.5 Å². The molecule has 0 amide bonds. The van der Waals surface area contributed by atoms with Crippen molar-refractivity contribution < 1.29 is 27.8 Å². The van der Waals surface area contributed by atoms with Crippen LogP contribution in [0.25, 0.3) is 10.9 Å². The van der Waals surface area contributed by atoms with E-state index in [1.165, 1.54) is 24.3 Å². The summed E-state index contributed by atoms with van der Waals surface area (Å²) in [6.07, 6.45) is 5.05. The maximum atomic E-state index is 13.0. The van der Waals surface area contributed by atoms with Crippen LogP contribution in [0, 0.1) is 11.8 Å². The van der Waals surface area contributed by atoms with Crippen LogP contribution in [0.15, 0.2) is 53.6 Å². The van der Waals surface area contributed by atoms with Gasteiger partial charge in [-0.3, -0.25) is 4.79 Å². The van der Waals surface area contributed by atoms with Crippen LogP contribution in [0.4, 0.5) is 0 Å². The smallest absolute Gasteiger partial charge is 0.322 e. The van der Waals surface area contributed by atoms with Gasteiger partial charge in [-0.25, -0.2) is 8.42 Å². The van der Waals surface area contributed by atoms with E-state index in [9.17, 15) is 18.3 Å². The fourth-order valence-corrected chi connectivity index (χ4v) is 5.11. The Morgan fingerprint density at radius 2 is 1.86 bits per heavy atom. The predicted octanol–water partition coefficient (Wildman–Crippen LogP) is 4.22. The Labute approximate surface area is 212 Å². The van der Waals surface area contributed by atoms with E-state index in [-0.39, 0.29) is 17.9 Å². The van der Waals surface area contributed by atoms with Gasteiger partial charge in [-0.1, -0.05) is 25.7 Å². The molecular formula is C27H32N2O6S. The molecule has 8 nitrogen and oxygen atoms in total. The van der Waals surface area contributed by atoms with Crippen molar-refractivity contribution in [2.75, 3.05) is 13.7 Å². The number of carbonyl (C=O) groups is 1. The maximum absolute atomic E-state index is 13.0. The van der Waals surface area contributed by atoms with Crippen LogP contribution < -0.4 is 14.2 Å². The number of aliphatic carboxylic acids is 1. The van der Waals surface area contributed by atoms with Gasteiger partial charge in [0.1, 0.15) is 24.1 Å². The predicted molar refractivity (Wildman–Crippen MR) is 139 cm³/mol. The molecule has 3 aromatic rings. The minimum atomic E-state index is -4.09. The lowest BCUT2D eigenvalue weighted by atomic mass is 10.1. The molecule has 0 aliphatic heterocycles. The van der Waals surface area contributed by atoms with Gasteiger partial charge < -0.3 is 19.1 Å². The minimum Gasteiger partial charge on any atom is -0.497 e. The summed E-state index contributed by atoms with van der Waals surface area (Å²) in [5.74, 6) is 5.33. The molecule has 1 aromatic heterocycles. The van der Waals surface area contributed by atoms with Crippen molar-refractivity contribution in [3.63, 3.8) is 0 Å². The van der Waals surface area contributed by atoms with Crippen molar-refractivity contribution in [3.05, 3.63) is 54.2 Å². The first-order valence-electron chi connectivity index (χ1n) is 11.8. The molecule has 0 fully saturated rings. The van der Waals surface area contributed by atoms with Gasteiger partial charge in [-0.05, 0) is 61.4 Å². The highest BCUT2D eigenvalue weighted by molar-refractivity contribution is 7.89. The quantitative estimate of drug-likeness (QED) is 0.262. The number of carboxylic acids is 1. The zero-order valence-electron chi connectivity index (χ0n) is 20.8. The monoisotopic (exact) mass is 512 g/mol. The summed E-state index contributed by atoms with van der Waals surface area (Å²) in [7, 11) is -2.52. The topological polar surface area (TPSA) is 107 Å². The Kier molecular flexibility index (Phi) is 9.39. The Balaban J connectivity index is 1.85. The molecule has 1 heterocycles. The number of rotatable bonds is 13. The average Bonchev–Trinajstić information content (AvgIpc) is 3.20. The molecule has 3 rings (SSSR count). The molecule has 0 radical (unpaired) electrons. The fourth-order valence-electron chi connectivity index (χ4n) is 3.92. The highest BCUT2D eigenvalue weighted by Gasteiger charge is 2.27. The van der Waals surface area contributed by atoms with Crippen LogP contribution in [-0.2, 0) is 27.8 Å². The van der Waals surface area contributed by atoms with Gasteiger partial charge in [0.25, 0.3) is 0 Å². The molecule has 0 aliphatic rings. The fraction of sp³-hybridized carbons (Fsp3) is 0.370. The van der Waals surface area contributed by atoms with Crippen molar-refractivity contribution in [1.29, 1.82) is 0 Å². The number of ether oxygens (including phenoxy) is 2. The summed E-state index contributed by atoms with van der Waals surface area (Å²) >= 11 is 0. The number of sulfonamides is 1. The number of benzene rings is 2. The average molecular weight is 513 g/mol. The third-order valence-electron chi connectivity index (χ3n) is 5.81. The number of carboxylic acid groups (broad SMARTS) is 1. The lowest BCUT2D eigenvalue weighted by molar-refractivity contribution is -0.138. The summed E-state index contributed by atoms with van der Waals surface area (Å²) in [5, 5.41) is 10.7. The number of fused-ring (bicyclic) bond motifs is 1. The van der Waals surface area contributed by atoms with Crippen LogP contribution in [0.3, 0.4) is 0 Å². The molecule has 0 aliphatic carbocycles. The van der Waals surface area contributed by atoms with Gasteiger partial charge in [-0.2, -0.15) is 4.72 Å². The first-order valence-corrected chi connectivity index (χ1v) is 13.3. The Hall–Kier alpha value is -3.48. The number of nitrogens with one attached hydrogen (secondary N) is 1. The summed E-state index contributed by atoms with van der Waals surface area (Å²) in [4.78, 5) is 12.0. The number of hydrogen-bond acceptors (Lipinski definition) is 5. The molecular weight excluding hydrogens is 480 g/mol.